The Morgan fingerprint density at radius 1 is 1.30 bits per heavy atom. The number of anilines is 2. The molecular formula is C16H28N4. The highest BCUT2D eigenvalue weighted by atomic mass is 15.2. The number of nitrogens with zero attached hydrogens (tertiary/aromatic N) is 3. The lowest BCUT2D eigenvalue weighted by molar-refractivity contribution is 0.568. The standard InChI is InChI=1S/C16H28N4/c1-6-13-8-9-20(10-13)16-12(5)15(17-7-2)18-14(19-16)11(3)4/h11,13H,6-10H2,1-5H3,(H,17,18,19). The molecule has 112 valence electrons. The van der Waals surface area contributed by atoms with E-state index in [4.69, 9.17) is 4.98 Å². The third-order valence-electron chi connectivity index (χ3n) is 4.16. The Hall–Kier alpha value is -1.32. The molecule has 1 atom stereocenters. The summed E-state index contributed by atoms with van der Waals surface area (Å²) >= 11 is 0. The average Bonchev–Trinajstić information content (AvgIpc) is 2.89. The van der Waals surface area contributed by atoms with Crippen LogP contribution < -0.4 is 10.2 Å². The third-order valence-corrected chi connectivity index (χ3v) is 4.16. The maximum absolute atomic E-state index is 4.84. The molecule has 2 heterocycles. The molecule has 1 aliphatic rings. The summed E-state index contributed by atoms with van der Waals surface area (Å²) in [6.45, 7) is 14.0. The van der Waals surface area contributed by atoms with Gasteiger partial charge in [-0.25, -0.2) is 9.97 Å². The molecule has 1 aromatic heterocycles. The Morgan fingerprint density at radius 2 is 2.05 bits per heavy atom. The minimum absolute atomic E-state index is 0.358. The van der Waals surface area contributed by atoms with Crippen LogP contribution >= 0.6 is 0 Å². The highest BCUT2D eigenvalue weighted by Gasteiger charge is 2.25. The van der Waals surface area contributed by atoms with Crippen LogP contribution in [0.5, 0.6) is 0 Å². The fraction of sp³-hybridized carbons (Fsp3) is 0.750. The lowest BCUT2D eigenvalue weighted by atomic mass is 10.1. The normalized spacial score (nSPS) is 18.9. The number of hydrogen-bond donors (Lipinski definition) is 1. The van der Waals surface area contributed by atoms with Crippen molar-refractivity contribution in [2.24, 2.45) is 5.92 Å². The van der Waals surface area contributed by atoms with Crippen LogP contribution in [0.15, 0.2) is 0 Å². The Balaban J connectivity index is 2.35. The van der Waals surface area contributed by atoms with Crippen LogP contribution in [0.2, 0.25) is 0 Å². The molecule has 4 nitrogen and oxygen atoms in total. The van der Waals surface area contributed by atoms with Crippen LogP contribution in [0.3, 0.4) is 0 Å². The molecule has 1 aromatic rings. The third kappa shape index (κ3) is 3.05. The number of aromatic nitrogens is 2. The van der Waals surface area contributed by atoms with Gasteiger partial charge in [0.15, 0.2) is 0 Å². The molecule has 0 saturated carbocycles. The first-order valence-corrected chi connectivity index (χ1v) is 7.94. The van der Waals surface area contributed by atoms with E-state index < -0.39 is 0 Å². The number of nitrogens with one attached hydrogen (secondary N) is 1. The quantitative estimate of drug-likeness (QED) is 0.892. The highest BCUT2D eigenvalue weighted by Crippen LogP contribution is 2.30. The van der Waals surface area contributed by atoms with Crippen LogP contribution in [-0.2, 0) is 0 Å². The Morgan fingerprint density at radius 3 is 2.60 bits per heavy atom. The smallest absolute Gasteiger partial charge is 0.137 e. The van der Waals surface area contributed by atoms with E-state index in [0.29, 0.717) is 5.92 Å². The molecule has 0 aliphatic carbocycles. The van der Waals surface area contributed by atoms with Crippen molar-refractivity contribution in [1.29, 1.82) is 0 Å². The molecule has 0 aromatic carbocycles. The highest BCUT2D eigenvalue weighted by molar-refractivity contribution is 5.59. The van der Waals surface area contributed by atoms with E-state index in [1.54, 1.807) is 0 Å². The predicted octanol–water partition coefficient (Wildman–Crippen LogP) is 3.58. The fourth-order valence-electron chi connectivity index (χ4n) is 2.79. The second kappa shape index (κ2) is 6.42. The van der Waals surface area contributed by atoms with E-state index in [-0.39, 0.29) is 0 Å². The predicted molar refractivity (Wildman–Crippen MR) is 85.6 cm³/mol. The molecule has 1 saturated heterocycles. The maximum atomic E-state index is 4.84. The van der Waals surface area contributed by atoms with Gasteiger partial charge in [0.1, 0.15) is 17.5 Å². The fourth-order valence-corrected chi connectivity index (χ4v) is 2.79. The molecule has 0 spiro atoms. The monoisotopic (exact) mass is 276 g/mol. The zero-order valence-corrected chi connectivity index (χ0v) is 13.5. The van der Waals surface area contributed by atoms with Crippen molar-refractivity contribution in [3.05, 3.63) is 11.4 Å². The second-order valence-electron chi connectivity index (χ2n) is 6.07. The molecule has 1 unspecified atom stereocenters. The summed E-state index contributed by atoms with van der Waals surface area (Å²) in [5.41, 5.74) is 1.19. The summed E-state index contributed by atoms with van der Waals surface area (Å²) < 4.78 is 0. The van der Waals surface area contributed by atoms with Crippen molar-refractivity contribution in [2.45, 2.75) is 53.4 Å². The van der Waals surface area contributed by atoms with E-state index in [2.05, 4.69) is 49.8 Å². The minimum atomic E-state index is 0.358. The van der Waals surface area contributed by atoms with Gasteiger partial charge >= 0.3 is 0 Å². The average molecular weight is 276 g/mol. The number of hydrogen-bond acceptors (Lipinski definition) is 4. The van der Waals surface area contributed by atoms with Gasteiger partial charge in [0.05, 0.1) is 0 Å². The van der Waals surface area contributed by atoms with Gasteiger partial charge in [0, 0.05) is 31.1 Å². The van der Waals surface area contributed by atoms with E-state index in [0.717, 1.165) is 43.0 Å². The molecule has 0 amide bonds. The van der Waals surface area contributed by atoms with Crippen LogP contribution in [0.25, 0.3) is 0 Å². The SMILES string of the molecule is CCNc1nc(C(C)C)nc(N2CCC(CC)C2)c1C. The molecule has 0 bridgehead atoms. The van der Waals surface area contributed by atoms with Gasteiger partial charge in [-0.3, -0.25) is 0 Å². The zero-order chi connectivity index (χ0) is 14.7. The van der Waals surface area contributed by atoms with E-state index in [1.807, 2.05) is 0 Å². The first kappa shape index (κ1) is 15.1. The van der Waals surface area contributed by atoms with Crippen molar-refractivity contribution < 1.29 is 0 Å². The van der Waals surface area contributed by atoms with Gasteiger partial charge in [-0.2, -0.15) is 0 Å². The minimum Gasteiger partial charge on any atom is -0.370 e. The second-order valence-corrected chi connectivity index (χ2v) is 6.07. The largest absolute Gasteiger partial charge is 0.370 e. The molecule has 1 N–H and O–H groups in total. The summed E-state index contributed by atoms with van der Waals surface area (Å²) in [7, 11) is 0. The number of rotatable bonds is 5. The first-order valence-electron chi connectivity index (χ1n) is 7.94. The van der Waals surface area contributed by atoms with Gasteiger partial charge in [-0.15, -0.1) is 0 Å². The lowest BCUT2D eigenvalue weighted by Crippen LogP contribution is -2.23. The van der Waals surface area contributed by atoms with E-state index in [9.17, 15) is 0 Å². The summed E-state index contributed by atoms with van der Waals surface area (Å²) in [5, 5.41) is 3.38. The van der Waals surface area contributed by atoms with Crippen molar-refractivity contribution in [3.8, 4) is 0 Å². The topological polar surface area (TPSA) is 41.1 Å². The first-order chi connectivity index (χ1) is 9.56. The van der Waals surface area contributed by atoms with Gasteiger partial charge in [0.2, 0.25) is 0 Å². The molecule has 2 rings (SSSR count). The zero-order valence-electron chi connectivity index (χ0n) is 13.5. The lowest BCUT2D eigenvalue weighted by Gasteiger charge is -2.23. The van der Waals surface area contributed by atoms with Crippen molar-refractivity contribution >= 4 is 11.6 Å². The summed E-state index contributed by atoms with van der Waals surface area (Å²) in [6.07, 6.45) is 2.55. The molecule has 4 heteroatoms. The molecule has 0 radical (unpaired) electrons. The summed E-state index contributed by atoms with van der Waals surface area (Å²) in [5.74, 6) is 4.25. The van der Waals surface area contributed by atoms with Crippen molar-refractivity contribution in [3.63, 3.8) is 0 Å². The molecule has 1 aliphatic heterocycles. The summed E-state index contributed by atoms with van der Waals surface area (Å²) in [4.78, 5) is 12.0. The van der Waals surface area contributed by atoms with E-state index >= 15 is 0 Å². The van der Waals surface area contributed by atoms with Gasteiger partial charge in [-0.1, -0.05) is 27.2 Å². The van der Waals surface area contributed by atoms with Crippen LogP contribution in [-0.4, -0.2) is 29.6 Å². The molecule has 20 heavy (non-hydrogen) atoms. The maximum Gasteiger partial charge on any atom is 0.137 e. The van der Waals surface area contributed by atoms with Gasteiger partial charge in [0.25, 0.3) is 0 Å². The van der Waals surface area contributed by atoms with Crippen LogP contribution in [0.4, 0.5) is 11.6 Å². The van der Waals surface area contributed by atoms with Crippen LogP contribution in [0, 0.1) is 12.8 Å². The Kier molecular flexibility index (Phi) is 4.84. The Bertz CT molecular complexity index is 456. The molecule has 1 fully saturated rings. The van der Waals surface area contributed by atoms with Gasteiger partial charge in [-0.05, 0) is 26.2 Å². The Labute approximate surface area is 123 Å². The summed E-state index contributed by atoms with van der Waals surface area (Å²) in [6, 6.07) is 0. The van der Waals surface area contributed by atoms with Crippen LogP contribution in [0.1, 0.15) is 57.8 Å². The van der Waals surface area contributed by atoms with Crippen molar-refractivity contribution in [2.75, 3.05) is 29.9 Å². The molecular weight excluding hydrogens is 248 g/mol. The van der Waals surface area contributed by atoms with Crippen molar-refractivity contribution in [1.82, 2.24) is 9.97 Å². The van der Waals surface area contributed by atoms with E-state index in [1.165, 1.54) is 18.4 Å². The van der Waals surface area contributed by atoms with Gasteiger partial charge < -0.3 is 10.2 Å².